The number of thiophene rings is 1. The molecule has 2 heterocycles. The van der Waals surface area contributed by atoms with Crippen molar-refractivity contribution in [3.05, 3.63) is 76.7 Å². The van der Waals surface area contributed by atoms with Crippen LogP contribution in [0.1, 0.15) is 31.2 Å². The third-order valence-corrected chi connectivity index (χ3v) is 6.34. The van der Waals surface area contributed by atoms with E-state index in [2.05, 4.69) is 29.5 Å². The summed E-state index contributed by atoms with van der Waals surface area (Å²) < 4.78 is 15.2. The van der Waals surface area contributed by atoms with Crippen LogP contribution in [0, 0.1) is 11.7 Å². The van der Waals surface area contributed by atoms with Crippen LogP contribution in [-0.4, -0.2) is 33.4 Å². The lowest BCUT2D eigenvalue weighted by molar-refractivity contribution is -0.126. The van der Waals surface area contributed by atoms with Crippen molar-refractivity contribution in [1.82, 2.24) is 20.3 Å². The van der Waals surface area contributed by atoms with E-state index >= 15 is 0 Å². The summed E-state index contributed by atoms with van der Waals surface area (Å²) in [5.41, 5.74) is 1.81. The number of nitrogens with zero attached hydrogens (tertiary/aromatic N) is 4. The first-order valence-corrected chi connectivity index (χ1v) is 12.0. The Morgan fingerprint density at radius 3 is 2.56 bits per heavy atom. The molecule has 0 aliphatic heterocycles. The van der Waals surface area contributed by atoms with Gasteiger partial charge in [0.1, 0.15) is 23.9 Å². The minimum absolute atomic E-state index is 0.126. The molecule has 0 saturated heterocycles. The highest BCUT2D eigenvalue weighted by atomic mass is 32.1. The Morgan fingerprint density at radius 2 is 1.85 bits per heavy atom. The second-order valence-corrected chi connectivity index (χ2v) is 9.35. The Balaban J connectivity index is 1.71. The predicted molar refractivity (Wildman–Crippen MR) is 131 cm³/mol. The van der Waals surface area contributed by atoms with Crippen molar-refractivity contribution in [2.45, 2.75) is 32.9 Å². The van der Waals surface area contributed by atoms with Crippen LogP contribution in [0.15, 0.2) is 66.0 Å². The maximum Gasteiger partial charge on any atom is 0.249 e. The van der Waals surface area contributed by atoms with Crippen molar-refractivity contribution in [3.8, 4) is 0 Å². The van der Waals surface area contributed by atoms with Gasteiger partial charge in [0.2, 0.25) is 11.8 Å². The third kappa shape index (κ3) is 5.31. The van der Waals surface area contributed by atoms with Gasteiger partial charge in [-0.2, -0.15) is 0 Å². The number of amides is 2. The number of nitrogens with one attached hydrogen (secondary N) is 1. The molecule has 1 N–H and O–H groups in total. The number of fused-ring (bicyclic) bond motifs is 1. The lowest BCUT2D eigenvalue weighted by Gasteiger charge is -2.30. The molecule has 1 unspecified atom stereocenters. The molecular weight excluding hydrogens is 453 g/mol. The van der Waals surface area contributed by atoms with E-state index in [9.17, 15) is 14.0 Å². The largest absolute Gasteiger partial charge is 0.354 e. The van der Waals surface area contributed by atoms with Gasteiger partial charge in [0.25, 0.3) is 0 Å². The smallest absolute Gasteiger partial charge is 0.249 e. The van der Waals surface area contributed by atoms with Crippen molar-refractivity contribution in [2.24, 2.45) is 5.92 Å². The molecule has 34 heavy (non-hydrogen) atoms. The standard InChI is InChI=1S/C25H26FN5O2S/c1-17(2)13-14-27-25(33)24(22-8-5-15-34-22)31(19-11-9-18(26)10-12-19)23(32)16-30-21-7-4-3-6-20(21)28-29-30/h3-12,15,17,24H,13-14,16H2,1-2H3,(H,27,33). The summed E-state index contributed by atoms with van der Waals surface area (Å²) in [6.07, 6.45) is 0.818. The number of para-hydroxylation sites is 1. The third-order valence-electron chi connectivity index (χ3n) is 5.42. The van der Waals surface area contributed by atoms with Crippen LogP contribution in [0.2, 0.25) is 0 Å². The van der Waals surface area contributed by atoms with Crippen LogP contribution in [0.3, 0.4) is 0 Å². The van der Waals surface area contributed by atoms with Crippen molar-refractivity contribution in [3.63, 3.8) is 0 Å². The number of halogens is 1. The van der Waals surface area contributed by atoms with E-state index in [4.69, 9.17) is 0 Å². The normalized spacial score (nSPS) is 12.1. The van der Waals surface area contributed by atoms with E-state index in [0.717, 1.165) is 6.42 Å². The summed E-state index contributed by atoms with van der Waals surface area (Å²) in [6, 6.07) is 15.7. The molecule has 4 rings (SSSR count). The fraction of sp³-hybridized carbons (Fsp3) is 0.280. The highest BCUT2D eigenvalue weighted by molar-refractivity contribution is 7.10. The van der Waals surface area contributed by atoms with Gasteiger partial charge >= 0.3 is 0 Å². The zero-order chi connectivity index (χ0) is 24.1. The molecule has 2 aromatic heterocycles. The summed E-state index contributed by atoms with van der Waals surface area (Å²) >= 11 is 1.39. The van der Waals surface area contributed by atoms with Crippen molar-refractivity contribution >= 4 is 39.9 Å². The number of carbonyl (C=O) groups excluding carboxylic acids is 2. The van der Waals surface area contributed by atoms with E-state index in [0.29, 0.717) is 34.1 Å². The molecule has 0 bridgehead atoms. The fourth-order valence-electron chi connectivity index (χ4n) is 3.68. The molecule has 2 aromatic carbocycles. The number of carbonyl (C=O) groups is 2. The van der Waals surface area contributed by atoms with Crippen LogP contribution in [0.5, 0.6) is 0 Å². The molecule has 4 aromatic rings. The lowest BCUT2D eigenvalue weighted by Crippen LogP contribution is -2.45. The summed E-state index contributed by atoms with van der Waals surface area (Å²) in [6.45, 7) is 4.54. The molecule has 1 atom stereocenters. The quantitative estimate of drug-likeness (QED) is 0.381. The number of hydrogen-bond donors (Lipinski definition) is 1. The van der Waals surface area contributed by atoms with Crippen LogP contribution >= 0.6 is 11.3 Å². The molecule has 9 heteroatoms. The number of aromatic nitrogens is 3. The van der Waals surface area contributed by atoms with Gasteiger partial charge in [-0.1, -0.05) is 37.3 Å². The highest BCUT2D eigenvalue weighted by Gasteiger charge is 2.34. The van der Waals surface area contributed by atoms with Gasteiger partial charge < -0.3 is 5.32 Å². The maximum absolute atomic E-state index is 13.7. The molecule has 0 aliphatic carbocycles. The SMILES string of the molecule is CC(C)CCNC(=O)C(c1cccs1)N(C(=O)Cn1nnc2ccccc21)c1ccc(F)cc1. The van der Waals surface area contributed by atoms with Crippen molar-refractivity contribution < 1.29 is 14.0 Å². The Labute approximate surface area is 201 Å². The minimum Gasteiger partial charge on any atom is -0.354 e. The van der Waals surface area contributed by atoms with Gasteiger partial charge in [0.05, 0.1) is 5.52 Å². The molecule has 0 spiro atoms. The lowest BCUT2D eigenvalue weighted by atomic mass is 10.1. The summed E-state index contributed by atoms with van der Waals surface area (Å²) in [4.78, 5) is 29.3. The second kappa shape index (κ2) is 10.6. The Hall–Kier alpha value is -3.59. The van der Waals surface area contributed by atoms with E-state index in [1.807, 2.05) is 41.8 Å². The van der Waals surface area contributed by atoms with Gasteiger partial charge in [-0.15, -0.1) is 16.4 Å². The van der Waals surface area contributed by atoms with E-state index in [1.165, 1.54) is 45.2 Å². The van der Waals surface area contributed by atoms with Gasteiger partial charge in [-0.25, -0.2) is 9.07 Å². The topological polar surface area (TPSA) is 80.1 Å². The van der Waals surface area contributed by atoms with Crippen molar-refractivity contribution in [1.29, 1.82) is 0 Å². The summed E-state index contributed by atoms with van der Waals surface area (Å²) in [5, 5.41) is 13.1. The molecule has 7 nitrogen and oxygen atoms in total. The Morgan fingerprint density at radius 1 is 1.09 bits per heavy atom. The molecule has 0 radical (unpaired) electrons. The van der Waals surface area contributed by atoms with Crippen LogP contribution < -0.4 is 10.2 Å². The highest BCUT2D eigenvalue weighted by Crippen LogP contribution is 2.31. The van der Waals surface area contributed by atoms with Gasteiger partial charge in [-0.3, -0.25) is 14.5 Å². The average molecular weight is 480 g/mol. The van der Waals surface area contributed by atoms with Crippen LogP contribution in [0.4, 0.5) is 10.1 Å². The van der Waals surface area contributed by atoms with E-state index in [1.54, 1.807) is 0 Å². The van der Waals surface area contributed by atoms with Gasteiger partial charge in [0.15, 0.2) is 0 Å². The first-order valence-electron chi connectivity index (χ1n) is 11.1. The molecule has 0 saturated carbocycles. The minimum atomic E-state index is -0.903. The van der Waals surface area contributed by atoms with Gasteiger partial charge in [0, 0.05) is 17.1 Å². The number of hydrogen-bond acceptors (Lipinski definition) is 5. The average Bonchev–Trinajstić information content (AvgIpc) is 3.48. The number of anilines is 1. The van der Waals surface area contributed by atoms with Crippen molar-refractivity contribution in [2.75, 3.05) is 11.4 Å². The summed E-state index contributed by atoms with van der Waals surface area (Å²) in [5.74, 6) is -0.646. The van der Waals surface area contributed by atoms with E-state index < -0.39 is 11.9 Å². The zero-order valence-corrected chi connectivity index (χ0v) is 19.8. The Bertz CT molecular complexity index is 1250. The first kappa shape index (κ1) is 23.6. The fourth-order valence-corrected chi connectivity index (χ4v) is 4.49. The van der Waals surface area contributed by atoms with E-state index in [-0.39, 0.29) is 18.4 Å². The molecule has 2 amide bonds. The first-order chi connectivity index (χ1) is 16.4. The monoisotopic (exact) mass is 479 g/mol. The summed E-state index contributed by atoms with van der Waals surface area (Å²) in [7, 11) is 0. The number of benzene rings is 2. The number of rotatable bonds is 9. The molecule has 0 aliphatic rings. The molecule has 0 fully saturated rings. The molecular formula is C25H26FN5O2S. The van der Waals surface area contributed by atoms with Gasteiger partial charge in [-0.05, 0) is 60.2 Å². The molecule has 176 valence electrons. The van der Waals surface area contributed by atoms with Crippen LogP contribution in [-0.2, 0) is 16.1 Å². The maximum atomic E-state index is 13.7. The Kier molecular flexibility index (Phi) is 7.32. The second-order valence-electron chi connectivity index (χ2n) is 8.37. The predicted octanol–water partition coefficient (Wildman–Crippen LogP) is 4.57. The van der Waals surface area contributed by atoms with Crippen LogP contribution in [0.25, 0.3) is 11.0 Å². The zero-order valence-electron chi connectivity index (χ0n) is 19.0.